The Hall–Kier alpha value is -1.15. The summed E-state index contributed by atoms with van der Waals surface area (Å²) in [6.45, 7) is 4.57. The fourth-order valence-corrected chi connectivity index (χ4v) is 3.99. The van der Waals surface area contributed by atoms with Gasteiger partial charge >= 0.3 is 5.97 Å². The highest BCUT2D eigenvalue weighted by Gasteiger charge is 2.29. The molecular formula is C13H24N2O5S. The van der Waals surface area contributed by atoms with Crippen LogP contribution in [0.25, 0.3) is 0 Å². The van der Waals surface area contributed by atoms with Crippen LogP contribution in [-0.2, 0) is 19.4 Å². The van der Waals surface area contributed by atoms with Gasteiger partial charge in [-0.05, 0) is 33.2 Å². The third kappa shape index (κ3) is 6.90. The van der Waals surface area contributed by atoms with Crippen LogP contribution in [0.5, 0.6) is 0 Å². The molecule has 1 heterocycles. The van der Waals surface area contributed by atoms with Crippen LogP contribution >= 0.6 is 0 Å². The monoisotopic (exact) mass is 320 g/mol. The lowest BCUT2D eigenvalue weighted by atomic mass is 10.2. The summed E-state index contributed by atoms with van der Waals surface area (Å²) < 4.78 is 22.7. The normalized spacial score (nSPS) is 20.9. The lowest BCUT2D eigenvalue weighted by molar-refractivity contribution is -0.137. The molecule has 0 radical (unpaired) electrons. The van der Waals surface area contributed by atoms with Crippen LogP contribution in [0.2, 0.25) is 0 Å². The second-order valence-electron chi connectivity index (χ2n) is 5.73. The summed E-state index contributed by atoms with van der Waals surface area (Å²) in [6, 6.07) is -0.174. The summed E-state index contributed by atoms with van der Waals surface area (Å²) in [5.74, 6) is -0.912. The van der Waals surface area contributed by atoms with E-state index < -0.39 is 15.8 Å². The Kier molecular flexibility index (Phi) is 6.60. The summed E-state index contributed by atoms with van der Waals surface area (Å²) in [6.07, 6.45) is 1.03. The van der Waals surface area contributed by atoms with E-state index in [4.69, 9.17) is 5.11 Å². The average molecular weight is 320 g/mol. The molecule has 0 spiro atoms. The van der Waals surface area contributed by atoms with E-state index in [0.29, 0.717) is 19.4 Å². The van der Waals surface area contributed by atoms with Gasteiger partial charge in [-0.25, -0.2) is 8.42 Å². The minimum atomic E-state index is -3.00. The van der Waals surface area contributed by atoms with Crippen molar-refractivity contribution in [2.24, 2.45) is 0 Å². The summed E-state index contributed by atoms with van der Waals surface area (Å²) in [7, 11) is -3.00. The number of sulfone groups is 1. The van der Waals surface area contributed by atoms with Crippen molar-refractivity contribution >= 4 is 21.7 Å². The fraction of sp³-hybridized carbons (Fsp3) is 0.846. The Morgan fingerprint density at radius 3 is 2.52 bits per heavy atom. The quantitative estimate of drug-likeness (QED) is 0.645. The van der Waals surface area contributed by atoms with Crippen molar-refractivity contribution in [3.05, 3.63) is 0 Å². The minimum Gasteiger partial charge on any atom is -0.481 e. The molecule has 1 rings (SSSR count). The van der Waals surface area contributed by atoms with Crippen molar-refractivity contribution in [3.63, 3.8) is 0 Å². The number of carbonyl (C=O) groups excluding carboxylic acids is 1. The van der Waals surface area contributed by atoms with Gasteiger partial charge < -0.3 is 10.4 Å². The molecular weight excluding hydrogens is 296 g/mol. The van der Waals surface area contributed by atoms with Crippen molar-refractivity contribution < 1.29 is 23.1 Å². The molecule has 1 atom stereocenters. The van der Waals surface area contributed by atoms with E-state index in [1.54, 1.807) is 0 Å². The van der Waals surface area contributed by atoms with Crippen LogP contribution in [0.15, 0.2) is 0 Å². The Morgan fingerprint density at radius 2 is 2.05 bits per heavy atom. The van der Waals surface area contributed by atoms with Gasteiger partial charge in [0.05, 0.1) is 18.1 Å². The number of carbonyl (C=O) groups is 2. The second-order valence-corrected chi connectivity index (χ2v) is 7.96. The first kappa shape index (κ1) is 17.9. The molecule has 0 aromatic heterocycles. The van der Waals surface area contributed by atoms with Gasteiger partial charge in [0.2, 0.25) is 5.91 Å². The molecule has 1 amide bonds. The first-order chi connectivity index (χ1) is 9.69. The van der Waals surface area contributed by atoms with Crippen LogP contribution in [0.1, 0.15) is 33.1 Å². The third-order valence-electron chi connectivity index (χ3n) is 3.51. The highest BCUT2D eigenvalue weighted by molar-refractivity contribution is 7.91. The van der Waals surface area contributed by atoms with Crippen LogP contribution in [0.3, 0.4) is 0 Å². The number of amides is 1. The highest BCUT2D eigenvalue weighted by atomic mass is 32.2. The molecule has 7 nitrogen and oxygen atoms in total. The van der Waals surface area contributed by atoms with Crippen LogP contribution in [0.4, 0.5) is 0 Å². The molecule has 1 saturated heterocycles. The standard InChI is InChI=1S/C13H24N2O5S/c1-10(2)15(6-3-4-13(17)18)8-12(16)14-11-5-7-21(19,20)9-11/h10-11H,3-9H2,1-2H3,(H,14,16)(H,17,18). The Balaban J connectivity index is 2.40. The van der Waals surface area contributed by atoms with E-state index in [9.17, 15) is 18.0 Å². The van der Waals surface area contributed by atoms with Crippen molar-refractivity contribution in [3.8, 4) is 0 Å². The van der Waals surface area contributed by atoms with E-state index in [1.165, 1.54) is 0 Å². The fourth-order valence-electron chi connectivity index (χ4n) is 2.32. The van der Waals surface area contributed by atoms with E-state index in [2.05, 4.69) is 5.32 Å². The zero-order valence-corrected chi connectivity index (χ0v) is 13.4. The van der Waals surface area contributed by atoms with Gasteiger partial charge in [0.25, 0.3) is 0 Å². The molecule has 0 aliphatic carbocycles. The molecule has 1 aliphatic rings. The summed E-state index contributed by atoms with van der Waals surface area (Å²) in [5, 5.41) is 11.4. The lowest BCUT2D eigenvalue weighted by Crippen LogP contribution is -2.45. The minimum absolute atomic E-state index is 0.0133. The SMILES string of the molecule is CC(C)N(CCCC(=O)O)CC(=O)NC1CCS(=O)(=O)C1. The molecule has 0 aromatic rings. The second kappa shape index (κ2) is 7.74. The molecule has 8 heteroatoms. The zero-order chi connectivity index (χ0) is 16.0. The Bertz CT molecular complexity index is 475. The number of hydrogen-bond acceptors (Lipinski definition) is 5. The number of carboxylic acid groups (broad SMARTS) is 1. The topological polar surface area (TPSA) is 104 Å². The van der Waals surface area contributed by atoms with Crippen molar-refractivity contribution in [1.29, 1.82) is 0 Å². The maximum absolute atomic E-state index is 12.0. The molecule has 0 bridgehead atoms. The number of carboxylic acids is 1. The molecule has 1 aliphatic heterocycles. The average Bonchev–Trinajstić information content (AvgIpc) is 2.66. The molecule has 0 saturated carbocycles. The molecule has 0 aromatic carbocycles. The molecule has 1 unspecified atom stereocenters. The first-order valence-corrected chi connectivity index (χ1v) is 8.97. The molecule has 122 valence electrons. The van der Waals surface area contributed by atoms with Gasteiger partial charge in [0.1, 0.15) is 0 Å². The Labute approximate surface area is 125 Å². The molecule has 21 heavy (non-hydrogen) atoms. The van der Waals surface area contributed by atoms with Gasteiger partial charge in [-0.2, -0.15) is 0 Å². The molecule has 2 N–H and O–H groups in total. The summed E-state index contributed by atoms with van der Waals surface area (Å²) >= 11 is 0. The summed E-state index contributed by atoms with van der Waals surface area (Å²) in [5.41, 5.74) is 0. The number of aliphatic carboxylic acids is 1. The van der Waals surface area contributed by atoms with E-state index in [1.807, 2.05) is 18.7 Å². The van der Waals surface area contributed by atoms with Gasteiger partial charge in [0, 0.05) is 18.5 Å². The van der Waals surface area contributed by atoms with Crippen LogP contribution in [-0.4, -0.2) is 67.0 Å². The predicted molar refractivity (Wildman–Crippen MR) is 78.8 cm³/mol. The van der Waals surface area contributed by atoms with Gasteiger partial charge in [-0.3, -0.25) is 14.5 Å². The van der Waals surface area contributed by atoms with Crippen LogP contribution < -0.4 is 5.32 Å². The first-order valence-electron chi connectivity index (χ1n) is 7.15. The number of rotatable bonds is 8. The predicted octanol–water partition coefficient (Wildman–Crippen LogP) is -0.135. The van der Waals surface area contributed by atoms with Crippen molar-refractivity contribution in [2.45, 2.75) is 45.2 Å². The maximum Gasteiger partial charge on any atom is 0.303 e. The highest BCUT2D eigenvalue weighted by Crippen LogP contribution is 2.11. The largest absolute Gasteiger partial charge is 0.481 e. The van der Waals surface area contributed by atoms with Crippen molar-refractivity contribution in [1.82, 2.24) is 10.2 Å². The van der Waals surface area contributed by atoms with Gasteiger partial charge in [-0.1, -0.05) is 0 Å². The van der Waals surface area contributed by atoms with Gasteiger partial charge in [-0.15, -0.1) is 0 Å². The van der Waals surface area contributed by atoms with Gasteiger partial charge in [0.15, 0.2) is 9.84 Å². The maximum atomic E-state index is 12.0. The van der Waals surface area contributed by atoms with Crippen molar-refractivity contribution in [2.75, 3.05) is 24.6 Å². The van der Waals surface area contributed by atoms with Crippen LogP contribution in [0, 0.1) is 0 Å². The Morgan fingerprint density at radius 1 is 1.38 bits per heavy atom. The lowest BCUT2D eigenvalue weighted by Gasteiger charge is -2.26. The number of nitrogens with one attached hydrogen (secondary N) is 1. The number of nitrogens with zero attached hydrogens (tertiary/aromatic N) is 1. The third-order valence-corrected chi connectivity index (χ3v) is 5.28. The van der Waals surface area contributed by atoms with E-state index in [0.717, 1.165) is 0 Å². The van der Waals surface area contributed by atoms with E-state index in [-0.39, 0.29) is 42.5 Å². The summed E-state index contributed by atoms with van der Waals surface area (Å²) in [4.78, 5) is 24.4. The number of hydrogen-bond donors (Lipinski definition) is 2. The molecule has 1 fully saturated rings. The zero-order valence-electron chi connectivity index (χ0n) is 12.5. The van der Waals surface area contributed by atoms with E-state index >= 15 is 0 Å². The smallest absolute Gasteiger partial charge is 0.303 e.